The lowest BCUT2D eigenvalue weighted by molar-refractivity contribution is -0.151. The molecule has 2 fully saturated rings. The lowest BCUT2D eigenvalue weighted by atomic mass is 9.71. The predicted octanol–water partition coefficient (Wildman–Crippen LogP) is 2.75. The van der Waals surface area contributed by atoms with Gasteiger partial charge in [-0.2, -0.15) is 0 Å². The van der Waals surface area contributed by atoms with Gasteiger partial charge in [-0.1, -0.05) is 13.3 Å². The van der Waals surface area contributed by atoms with Gasteiger partial charge in [0.2, 0.25) is 0 Å². The van der Waals surface area contributed by atoms with Gasteiger partial charge in [0.05, 0.1) is 5.25 Å². The number of sulfone groups is 1. The minimum absolute atomic E-state index is 0.146. The van der Waals surface area contributed by atoms with Crippen molar-refractivity contribution in [1.29, 1.82) is 0 Å². The number of hydrogen-bond donors (Lipinski definition) is 0. The molecule has 0 aromatic rings. The van der Waals surface area contributed by atoms with Crippen LogP contribution in [0.4, 0.5) is 0 Å². The Bertz CT molecular complexity index is 475. The average molecular weight is 316 g/mol. The summed E-state index contributed by atoms with van der Waals surface area (Å²) in [5.74, 6) is 0.660. The highest BCUT2D eigenvalue weighted by Gasteiger charge is 2.45. The molecule has 122 valence electrons. The summed E-state index contributed by atoms with van der Waals surface area (Å²) in [6.45, 7) is 2.21. The van der Waals surface area contributed by atoms with E-state index in [1.54, 1.807) is 7.11 Å². The summed E-state index contributed by atoms with van der Waals surface area (Å²) in [5.41, 5.74) is -0.656. The Morgan fingerprint density at radius 3 is 2.29 bits per heavy atom. The van der Waals surface area contributed by atoms with Crippen molar-refractivity contribution in [2.24, 2.45) is 11.8 Å². The second-order valence-electron chi connectivity index (χ2n) is 7.06. The Morgan fingerprint density at radius 1 is 1.14 bits per heavy atom. The van der Waals surface area contributed by atoms with Gasteiger partial charge >= 0.3 is 0 Å². The SMILES string of the molecule is COC1(C(=O)C2CCCC(S(C)(=O)=O)C2)CCC(C)CC1. The Balaban J connectivity index is 2.11. The Kier molecular flexibility index (Phi) is 5.14. The minimum Gasteiger partial charge on any atom is -0.370 e. The van der Waals surface area contributed by atoms with Gasteiger partial charge < -0.3 is 4.74 Å². The molecule has 0 bridgehead atoms. The maximum atomic E-state index is 13.0. The molecule has 0 aliphatic heterocycles. The van der Waals surface area contributed by atoms with Crippen molar-refractivity contribution < 1.29 is 17.9 Å². The molecule has 2 rings (SSSR count). The van der Waals surface area contributed by atoms with Crippen molar-refractivity contribution in [3.63, 3.8) is 0 Å². The largest absolute Gasteiger partial charge is 0.370 e. The van der Waals surface area contributed by atoms with Crippen LogP contribution in [0.3, 0.4) is 0 Å². The van der Waals surface area contributed by atoms with Crippen LogP contribution < -0.4 is 0 Å². The van der Waals surface area contributed by atoms with Crippen molar-refractivity contribution in [1.82, 2.24) is 0 Å². The molecular formula is C16H28O4S. The molecule has 2 atom stereocenters. The number of methoxy groups -OCH3 is 1. The second-order valence-corrected chi connectivity index (χ2v) is 9.39. The molecule has 2 aliphatic carbocycles. The molecule has 0 N–H and O–H groups in total. The van der Waals surface area contributed by atoms with Gasteiger partial charge in [0.1, 0.15) is 15.4 Å². The number of carbonyl (C=O) groups is 1. The summed E-state index contributed by atoms with van der Waals surface area (Å²) < 4.78 is 29.2. The maximum Gasteiger partial charge on any atom is 0.167 e. The van der Waals surface area contributed by atoms with Crippen LogP contribution in [0.15, 0.2) is 0 Å². The highest BCUT2D eigenvalue weighted by Crippen LogP contribution is 2.40. The summed E-state index contributed by atoms with van der Waals surface area (Å²) in [5, 5.41) is -0.350. The van der Waals surface area contributed by atoms with Crippen LogP contribution in [-0.2, 0) is 19.4 Å². The quantitative estimate of drug-likeness (QED) is 0.800. The van der Waals surface area contributed by atoms with Crippen molar-refractivity contribution >= 4 is 15.6 Å². The second kappa shape index (κ2) is 6.37. The summed E-state index contributed by atoms with van der Waals surface area (Å²) in [6.07, 6.45) is 7.70. The average Bonchev–Trinajstić information content (AvgIpc) is 2.47. The first-order valence-corrected chi connectivity index (χ1v) is 10.0. The highest BCUT2D eigenvalue weighted by atomic mass is 32.2. The third-order valence-electron chi connectivity index (χ3n) is 5.52. The van der Waals surface area contributed by atoms with Crippen LogP contribution in [0.1, 0.15) is 58.3 Å². The van der Waals surface area contributed by atoms with Gasteiger partial charge in [-0.15, -0.1) is 0 Å². The van der Waals surface area contributed by atoms with Crippen molar-refractivity contribution in [2.45, 2.75) is 69.1 Å². The standard InChI is InChI=1S/C16H28O4S/c1-12-7-9-16(20-2,10-8-12)15(17)13-5-4-6-14(11-13)21(3,18)19/h12-14H,4-11H2,1-3H3. The van der Waals surface area contributed by atoms with E-state index in [0.29, 0.717) is 18.8 Å². The molecule has 0 heterocycles. The van der Waals surface area contributed by atoms with Crippen LogP contribution in [0.25, 0.3) is 0 Å². The predicted molar refractivity (Wildman–Crippen MR) is 83.0 cm³/mol. The van der Waals surface area contributed by atoms with Gasteiger partial charge in [-0.25, -0.2) is 8.42 Å². The number of hydrogen-bond acceptors (Lipinski definition) is 4. The van der Waals surface area contributed by atoms with Crippen molar-refractivity contribution in [2.75, 3.05) is 13.4 Å². The van der Waals surface area contributed by atoms with Crippen LogP contribution in [0, 0.1) is 11.8 Å². The van der Waals surface area contributed by atoms with E-state index in [1.165, 1.54) is 6.26 Å². The molecule has 0 aromatic carbocycles. The highest BCUT2D eigenvalue weighted by molar-refractivity contribution is 7.91. The molecule has 0 radical (unpaired) electrons. The topological polar surface area (TPSA) is 60.4 Å². The van der Waals surface area contributed by atoms with Gasteiger partial charge in [0.25, 0.3) is 0 Å². The van der Waals surface area contributed by atoms with Crippen molar-refractivity contribution in [3.8, 4) is 0 Å². The zero-order valence-corrected chi connectivity index (χ0v) is 14.2. The van der Waals surface area contributed by atoms with E-state index in [0.717, 1.165) is 38.5 Å². The number of rotatable bonds is 4. The van der Waals surface area contributed by atoms with E-state index in [2.05, 4.69) is 6.92 Å². The van der Waals surface area contributed by atoms with Gasteiger partial charge in [-0.05, 0) is 50.9 Å². The van der Waals surface area contributed by atoms with E-state index >= 15 is 0 Å². The third kappa shape index (κ3) is 3.67. The normalized spacial score (nSPS) is 38.1. The first-order valence-electron chi connectivity index (χ1n) is 8.07. The number of ketones is 1. The maximum absolute atomic E-state index is 13.0. The fraction of sp³-hybridized carbons (Fsp3) is 0.938. The van der Waals surface area contributed by atoms with E-state index in [9.17, 15) is 13.2 Å². The summed E-state index contributed by atoms with van der Waals surface area (Å²) in [6, 6.07) is 0. The minimum atomic E-state index is -3.05. The molecular weight excluding hydrogens is 288 g/mol. The third-order valence-corrected chi connectivity index (χ3v) is 7.16. The Morgan fingerprint density at radius 2 is 1.76 bits per heavy atom. The molecule has 0 amide bonds. The van der Waals surface area contributed by atoms with Crippen LogP contribution >= 0.6 is 0 Å². The zero-order valence-electron chi connectivity index (χ0n) is 13.4. The van der Waals surface area contributed by atoms with E-state index in [-0.39, 0.29) is 17.0 Å². The van der Waals surface area contributed by atoms with E-state index in [4.69, 9.17) is 4.74 Å². The molecule has 2 saturated carbocycles. The lowest BCUT2D eigenvalue weighted by Gasteiger charge is -2.40. The van der Waals surface area contributed by atoms with Gasteiger partial charge in [-0.3, -0.25) is 4.79 Å². The van der Waals surface area contributed by atoms with Gasteiger partial charge in [0.15, 0.2) is 5.78 Å². The first kappa shape index (κ1) is 16.9. The molecule has 0 spiro atoms. The first-order chi connectivity index (χ1) is 9.78. The van der Waals surface area contributed by atoms with Gasteiger partial charge in [0, 0.05) is 19.3 Å². The summed E-state index contributed by atoms with van der Waals surface area (Å²) in [4.78, 5) is 13.0. The lowest BCUT2D eigenvalue weighted by Crippen LogP contribution is -2.48. The fourth-order valence-electron chi connectivity index (χ4n) is 3.92. The summed E-state index contributed by atoms with van der Waals surface area (Å²) >= 11 is 0. The molecule has 2 aliphatic rings. The number of carbonyl (C=O) groups excluding carboxylic acids is 1. The molecule has 4 nitrogen and oxygen atoms in total. The smallest absolute Gasteiger partial charge is 0.167 e. The Labute approximate surface area is 128 Å². The van der Waals surface area contributed by atoms with Crippen molar-refractivity contribution in [3.05, 3.63) is 0 Å². The van der Waals surface area contributed by atoms with Crippen LogP contribution in [-0.4, -0.2) is 38.4 Å². The molecule has 0 saturated heterocycles. The molecule has 5 heteroatoms. The number of ether oxygens (including phenoxy) is 1. The van der Waals surface area contributed by atoms with Crippen LogP contribution in [0.2, 0.25) is 0 Å². The fourth-order valence-corrected chi connectivity index (χ4v) is 5.10. The molecule has 21 heavy (non-hydrogen) atoms. The summed E-state index contributed by atoms with van der Waals surface area (Å²) in [7, 11) is -1.42. The van der Waals surface area contributed by atoms with Crippen LogP contribution in [0.5, 0.6) is 0 Å². The number of Topliss-reactive ketones (excluding diaryl/α,β-unsaturated/α-hetero) is 1. The Hall–Kier alpha value is -0.420. The monoisotopic (exact) mass is 316 g/mol. The molecule has 2 unspecified atom stereocenters. The van der Waals surface area contributed by atoms with E-state index in [1.807, 2.05) is 0 Å². The van der Waals surface area contributed by atoms with E-state index < -0.39 is 15.4 Å². The molecule has 0 aromatic heterocycles. The zero-order chi connectivity index (χ0) is 15.7.